The zero-order valence-corrected chi connectivity index (χ0v) is 18.1. The molecule has 0 radical (unpaired) electrons. The Morgan fingerprint density at radius 1 is 1.27 bits per heavy atom. The topological polar surface area (TPSA) is 86.8 Å². The average Bonchev–Trinajstić information content (AvgIpc) is 3.28. The number of aromatic nitrogens is 5. The van der Waals surface area contributed by atoms with Crippen molar-refractivity contribution in [3.05, 3.63) is 30.9 Å². The molecule has 0 N–H and O–H groups in total. The maximum atomic E-state index is 12.4. The number of fused-ring (bicyclic) bond motifs is 1. The number of hydrogen-bond acceptors (Lipinski definition) is 6. The molecule has 0 bridgehead atoms. The molecule has 1 saturated carbocycles. The van der Waals surface area contributed by atoms with Gasteiger partial charge in [0.05, 0.1) is 30.9 Å². The lowest BCUT2D eigenvalue weighted by atomic mass is 9.79. The Hall–Kier alpha value is -3.10. The van der Waals surface area contributed by atoms with E-state index in [4.69, 9.17) is 14.5 Å². The fraction of sp³-hybridized carbons (Fsp3) is 0.524. The van der Waals surface area contributed by atoms with Crippen LogP contribution >= 0.6 is 0 Å². The molecule has 3 aromatic heterocycles. The minimum absolute atomic E-state index is 0.0993. The molecule has 0 aromatic carbocycles. The number of ether oxygens (including phenoxy) is 2. The van der Waals surface area contributed by atoms with E-state index in [1.165, 1.54) is 0 Å². The zero-order valence-electron chi connectivity index (χ0n) is 18.1. The van der Waals surface area contributed by atoms with Crippen molar-refractivity contribution in [2.24, 2.45) is 13.0 Å². The molecule has 2 atom stereocenters. The van der Waals surface area contributed by atoms with Crippen molar-refractivity contribution < 1.29 is 14.3 Å². The summed E-state index contributed by atoms with van der Waals surface area (Å²) in [5, 5.41) is 8.55. The van der Waals surface area contributed by atoms with E-state index in [0.29, 0.717) is 12.5 Å². The first-order valence-corrected chi connectivity index (χ1v) is 10.1. The first kappa shape index (κ1) is 20.2. The summed E-state index contributed by atoms with van der Waals surface area (Å²) in [5.41, 5.74) is 1.93. The smallest absolute Gasteiger partial charge is 0.410 e. The molecular formula is C21H28N6O3. The number of hydrogen-bond donors (Lipinski definition) is 0. The molecule has 9 heteroatoms. The summed E-state index contributed by atoms with van der Waals surface area (Å²) in [6.07, 6.45) is 8.89. The van der Waals surface area contributed by atoms with Gasteiger partial charge < -0.3 is 14.4 Å². The number of aryl methyl sites for hydroxylation is 1. The lowest BCUT2D eigenvalue weighted by Crippen LogP contribution is -2.51. The summed E-state index contributed by atoms with van der Waals surface area (Å²) in [5.74, 6) is 0.758. The van der Waals surface area contributed by atoms with Crippen molar-refractivity contribution in [2.75, 3.05) is 13.7 Å². The van der Waals surface area contributed by atoms with Crippen molar-refractivity contribution >= 4 is 11.6 Å². The molecule has 30 heavy (non-hydrogen) atoms. The van der Waals surface area contributed by atoms with Crippen molar-refractivity contribution in [1.82, 2.24) is 29.3 Å². The quantitative estimate of drug-likeness (QED) is 0.640. The highest BCUT2D eigenvalue weighted by Crippen LogP contribution is 2.33. The molecule has 1 amide bonds. The van der Waals surface area contributed by atoms with Crippen molar-refractivity contribution in [3.63, 3.8) is 0 Å². The fourth-order valence-electron chi connectivity index (χ4n) is 3.61. The van der Waals surface area contributed by atoms with E-state index >= 15 is 0 Å². The number of rotatable bonds is 5. The standard InChI is InChI=1S/C21H28N6O3/c1-21(2,3)30-20(28)26(5)17-7-6-14(17)13-29-19-18-8-9-22-27(18)12-16(24-19)15-10-23-25(4)11-15/h8-12,14,17H,6-7,13H2,1-5H3. The Labute approximate surface area is 175 Å². The van der Waals surface area contributed by atoms with Gasteiger partial charge in [-0.2, -0.15) is 10.2 Å². The average molecular weight is 412 g/mol. The van der Waals surface area contributed by atoms with Crippen LogP contribution in [0.3, 0.4) is 0 Å². The van der Waals surface area contributed by atoms with Crippen LogP contribution in [-0.4, -0.2) is 60.7 Å². The Morgan fingerprint density at radius 2 is 2.07 bits per heavy atom. The van der Waals surface area contributed by atoms with Crippen LogP contribution in [0.1, 0.15) is 33.6 Å². The summed E-state index contributed by atoms with van der Waals surface area (Å²) >= 11 is 0. The predicted octanol–water partition coefficient (Wildman–Crippen LogP) is 3.15. The molecular weight excluding hydrogens is 384 g/mol. The molecule has 2 unspecified atom stereocenters. The van der Waals surface area contributed by atoms with Gasteiger partial charge in [-0.3, -0.25) is 4.68 Å². The molecule has 1 fully saturated rings. The van der Waals surface area contributed by atoms with E-state index in [1.807, 2.05) is 46.3 Å². The number of carbonyl (C=O) groups is 1. The van der Waals surface area contributed by atoms with Crippen LogP contribution in [-0.2, 0) is 11.8 Å². The maximum absolute atomic E-state index is 12.4. The first-order chi connectivity index (χ1) is 14.2. The lowest BCUT2D eigenvalue weighted by Gasteiger charge is -2.42. The molecule has 1 aliphatic carbocycles. The molecule has 0 saturated heterocycles. The van der Waals surface area contributed by atoms with E-state index in [0.717, 1.165) is 29.6 Å². The van der Waals surface area contributed by atoms with E-state index in [9.17, 15) is 4.79 Å². The molecule has 3 heterocycles. The zero-order chi connectivity index (χ0) is 21.5. The van der Waals surface area contributed by atoms with Crippen molar-refractivity contribution in [2.45, 2.75) is 45.3 Å². The largest absolute Gasteiger partial charge is 0.476 e. The van der Waals surface area contributed by atoms with Gasteiger partial charge in [-0.25, -0.2) is 14.3 Å². The Kier molecular flexibility index (Phi) is 5.13. The van der Waals surface area contributed by atoms with E-state index in [1.54, 1.807) is 33.5 Å². The highest BCUT2D eigenvalue weighted by atomic mass is 16.6. The second kappa shape index (κ2) is 7.62. The van der Waals surface area contributed by atoms with Crippen molar-refractivity contribution in [1.29, 1.82) is 0 Å². The lowest BCUT2D eigenvalue weighted by molar-refractivity contribution is -0.00546. The number of amides is 1. The van der Waals surface area contributed by atoms with Gasteiger partial charge in [0.25, 0.3) is 0 Å². The van der Waals surface area contributed by atoms with Crippen LogP contribution < -0.4 is 4.74 Å². The molecule has 3 aromatic rings. The SMILES string of the molecule is CN(C(=O)OC(C)(C)C)C1CCC1COc1nc(-c2cnn(C)c2)cn2nccc12. The van der Waals surface area contributed by atoms with Gasteiger partial charge in [0, 0.05) is 37.8 Å². The molecule has 0 spiro atoms. The Bertz CT molecular complexity index is 1050. The normalized spacial score (nSPS) is 18.8. The Balaban J connectivity index is 1.47. The predicted molar refractivity (Wildman–Crippen MR) is 111 cm³/mol. The third-order valence-corrected chi connectivity index (χ3v) is 5.35. The fourth-order valence-corrected chi connectivity index (χ4v) is 3.61. The summed E-state index contributed by atoms with van der Waals surface area (Å²) in [4.78, 5) is 18.8. The third kappa shape index (κ3) is 4.10. The minimum atomic E-state index is -0.509. The van der Waals surface area contributed by atoms with Crippen LogP contribution in [0.15, 0.2) is 30.9 Å². The summed E-state index contributed by atoms with van der Waals surface area (Å²) in [7, 11) is 3.66. The van der Waals surface area contributed by atoms with Gasteiger partial charge in [0.2, 0.25) is 5.88 Å². The highest BCUT2D eigenvalue weighted by molar-refractivity contribution is 5.68. The second-order valence-corrected chi connectivity index (χ2v) is 8.80. The van der Waals surface area contributed by atoms with Crippen LogP contribution in [0.2, 0.25) is 0 Å². The molecule has 0 aliphatic heterocycles. The van der Waals surface area contributed by atoms with Gasteiger partial charge in [-0.15, -0.1) is 0 Å². The van der Waals surface area contributed by atoms with Crippen LogP contribution in [0.5, 0.6) is 5.88 Å². The Morgan fingerprint density at radius 3 is 2.70 bits per heavy atom. The van der Waals surface area contributed by atoms with Gasteiger partial charge in [0.1, 0.15) is 11.1 Å². The van der Waals surface area contributed by atoms with E-state index in [-0.39, 0.29) is 18.1 Å². The summed E-state index contributed by atoms with van der Waals surface area (Å²) in [6.45, 7) is 6.09. The van der Waals surface area contributed by atoms with Crippen LogP contribution in [0, 0.1) is 5.92 Å². The minimum Gasteiger partial charge on any atom is -0.476 e. The van der Waals surface area contributed by atoms with E-state index < -0.39 is 5.60 Å². The molecule has 160 valence electrons. The first-order valence-electron chi connectivity index (χ1n) is 10.1. The highest BCUT2D eigenvalue weighted by Gasteiger charge is 2.38. The monoisotopic (exact) mass is 412 g/mol. The molecule has 1 aliphatic rings. The van der Waals surface area contributed by atoms with Gasteiger partial charge in [-0.05, 0) is 39.7 Å². The van der Waals surface area contributed by atoms with Gasteiger partial charge in [-0.1, -0.05) is 0 Å². The van der Waals surface area contributed by atoms with Crippen molar-refractivity contribution in [3.8, 4) is 17.1 Å². The van der Waals surface area contributed by atoms with E-state index in [2.05, 4.69) is 10.2 Å². The third-order valence-electron chi connectivity index (χ3n) is 5.35. The van der Waals surface area contributed by atoms with Crippen LogP contribution in [0.25, 0.3) is 16.8 Å². The maximum Gasteiger partial charge on any atom is 0.410 e. The van der Waals surface area contributed by atoms with Gasteiger partial charge in [0.15, 0.2) is 0 Å². The number of carbonyl (C=O) groups excluding carboxylic acids is 1. The molecule has 9 nitrogen and oxygen atoms in total. The van der Waals surface area contributed by atoms with Crippen LogP contribution in [0.4, 0.5) is 4.79 Å². The van der Waals surface area contributed by atoms with Gasteiger partial charge >= 0.3 is 6.09 Å². The number of nitrogens with zero attached hydrogens (tertiary/aromatic N) is 6. The second-order valence-electron chi connectivity index (χ2n) is 8.80. The summed E-state index contributed by atoms with van der Waals surface area (Å²) < 4.78 is 15.1. The molecule has 4 rings (SSSR count). The summed E-state index contributed by atoms with van der Waals surface area (Å²) in [6, 6.07) is 1.97.